The Kier molecular flexibility index (Phi) is 4.17. The second kappa shape index (κ2) is 5.46. The van der Waals surface area contributed by atoms with E-state index >= 15 is 0 Å². The second-order valence-electron chi connectivity index (χ2n) is 4.68. The molecule has 0 bridgehead atoms. The predicted octanol–water partition coefficient (Wildman–Crippen LogP) is 2.54. The Labute approximate surface area is 111 Å². The summed E-state index contributed by atoms with van der Waals surface area (Å²) in [7, 11) is 3.83. The average molecular weight is 299 g/mol. The largest absolute Gasteiger partial charge is 0.377 e. The summed E-state index contributed by atoms with van der Waals surface area (Å²) in [6.07, 6.45) is 8.26. The summed E-state index contributed by atoms with van der Waals surface area (Å²) < 4.78 is 6.77. The fourth-order valence-corrected chi connectivity index (χ4v) is 2.99. The van der Waals surface area contributed by atoms with Crippen molar-refractivity contribution in [1.29, 1.82) is 0 Å². The van der Waals surface area contributed by atoms with Gasteiger partial charge >= 0.3 is 0 Å². The number of methoxy groups -OCH3 is 1. The molecule has 94 valence electrons. The molecule has 1 fully saturated rings. The fourth-order valence-electron chi connectivity index (χ4n) is 2.57. The molecule has 4 heteroatoms. The number of likely N-dealkylation sites (N-methyl/N-ethyl adjacent to an activating group) is 1. The van der Waals surface area contributed by atoms with Crippen molar-refractivity contribution >= 4 is 15.9 Å². The highest BCUT2D eigenvalue weighted by Crippen LogP contribution is 2.39. The first kappa shape index (κ1) is 13.0. The number of hydrogen-bond acceptors (Lipinski definition) is 3. The number of hydrogen-bond donors (Lipinski definition) is 1. The third kappa shape index (κ3) is 2.69. The van der Waals surface area contributed by atoms with E-state index < -0.39 is 0 Å². The molecule has 1 aliphatic carbocycles. The highest BCUT2D eigenvalue weighted by molar-refractivity contribution is 9.10. The number of halogens is 1. The minimum atomic E-state index is 0.0249. The first-order valence-electron chi connectivity index (χ1n) is 6.02. The zero-order valence-corrected chi connectivity index (χ0v) is 12.0. The van der Waals surface area contributed by atoms with Crippen LogP contribution in [0.3, 0.4) is 0 Å². The molecule has 0 aliphatic heterocycles. The number of pyridine rings is 1. The van der Waals surface area contributed by atoms with E-state index in [-0.39, 0.29) is 5.60 Å². The summed E-state index contributed by atoms with van der Waals surface area (Å²) in [6, 6.07) is 2.48. The molecule has 0 spiro atoms. The van der Waals surface area contributed by atoms with Gasteiger partial charge in [0.15, 0.2) is 0 Å². The highest BCUT2D eigenvalue weighted by Gasteiger charge is 2.43. The molecule has 0 aromatic carbocycles. The first-order valence-corrected chi connectivity index (χ1v) is 6.81. The van der Waals surface area contributed by atoms with Gasteiger partial charge in [-0.05, 0) is 60.3 Å². The lowest BCUT2D eigenvalue weighted by atomic mass is 9.73. The smallest absolute Gasteiger partial charge is 0.0834 e. The van der Waals surface area contributed by atoms with Crippen LogP contribution in [0.5, 0.6) is 0 Å². The minimum Gasteiger partial charge on any atom is -0.377 e. The molecular formula is C13H19BrN2O. The topological polar surface area (TPSA) is 34.2 Å². The monoisotopic (exact) mass is 298 g/mol. The third-order valence-corrected chi connectivity index (χ3v) is 4.22. The van der Waals surface area contributed by atoms with Crippen LogP contribution in [0.2, 0.25) is 0 Å². The van der Waals surface area contributed by atoms with Gasteiger partial charge in [0.1, 0.15) is 0 Å². The highest BCUT2D eigenvalue weighted by atomic mass is 79.9. The van der Waals surface area contributed by atoms with Crippen LogP contribution in [0.15, 0.2) is 22.9 Å². The van der Waals surface area contributed by atoms with Crippen LogP contribution in [0.1, 0.15) is 24.8 Å². The van der Waals surface area contributed by atoms with Gasteiger partial charge in [0.25, 0.3) is 0 Å². The summed E-state index contributed by atoms with van der Waals surface area (Å²) in [4.78, 5) is 4.21. The van der Waals surface area contributed by atoms with Gasteiger partial charge in [-0.3, -0.25) is 4.98 Å². The van der Waals surface area contributed by atoms with Crippen molar-refractivity contribution in [2.24, 2.45) is 0 Å². The standard InChI is InChI=1S/C13H19BrN2O/c1-15-12(13(17-2)4-3-5-13)7-10-6-11(14)9-16-8-10/h6,8-9,12,15H,3-5,7H2,1-2H3. The molecule has 17 heavy (non-hydrogen) atoms. The van der Waals surface area contributed by atoms with Crippen molar-refractivity contribution in [3.05, 3.63) is 28.5 Å². The molecule has 2 rings (SSSR count). The van der Waals surface area contributed by atoms with E-state index in [2.05, 4.69) is 32.3 Å². The zero-order valence-electron chi connectivity index (χ0n) is 10.4. The molecule has 0 radical (unpaired) electrons. The van der Waals surface area contributed by atoms with Crippen LogP contribution in [0.4, 0.5) is 0 Å². The van der Waals surface area contributed by atoms with Crippen molar-refractivity contribution in [3.63, 3.8) is 0 Å². The SMILES string of the molecule is CNC(Cc1cncc(Br)c1)C1(OC)CCC1. The van der Waals surface area contributed by atoms with E-state index in [0.29, 0.717) is 6.04 Å². The van der Waals surface area contributed by atoms with Crippen LogP contribution < -0.4 is 5.32 Å². The summed E-state index contributed by atoms with van der Waals surface area (Å²) >= 11 is 3.46. The Hall–Kier alpha value is -0.450. The Balaban J connectivity index is 2.09. The summed E-state index contributed by atoms with van der Waals surface area (Å²) in [5.74, 6) is 0. The lowest BCUT2D eigenvalue weighted by molar-refractivity contribution is -0.0966. The lowest BCUT2D eigenvalue weighted by Gasteiger charge is -2.46. The molecule has 3 nitrogen and oxygen atoms in total. The molecule has 1 aromatic heterocycles. The van der Waals surface area contributed by atoms with Crippen molar-refractivity contribution in [2.75, 3.05) is 14.2 Å². The van der Waals surface area contributed by atoms with Gasteiger partial charge in [0.05, 0.1) is 5.60 Å². The maximum Gasteiger partial charge on any atom is 0.0834 e. The lowest BCUT2D eigenvalue weighted by Crippen LogP contribution is -2.56. The van der Waals surface area contributed by atoms with Crippen molar-refractivity contribution in [1.82, 2.24) is 10.3 Å². The van der Waals surface area contributed by atoms with E-state index in [4.69, 9.17) is 4.74 Å². The quantitative estimate of drug-likeness (QED) is 0.907. The van der Waals surface area contributed by atoms with Crippen LogP contribution >= 0.6 is 15.9 Å². The van der Waals surface area contributed by atoms with E-state index in [1.165, 1.54) is 12.0 Å². The molecule has 1 N–H and O–H groups in total. The molecule has 0 amide bonds. The molecule has 1 aliphatic rings. The maximum absolute atomic E-state index is 5.73. The molecule has 0 saturated heterocycles. The van der Waals surface area contributed by atoms with E-state index in [0.717, 1.165) is 23.7 Å². The number of nitrogens with one attached hydrogen (secondary N) is 1. The number of nitrogens with zero attached hydrogens (tertiary/aromatic N) is 1. The van der Waals surface area contributed by atoms with Crippen molar-refractivity contribution < 1.29 is 4.74 Å². The van der Waals surface area contributed by atoms with Crippen molar-refractivity contribution in [2.45, 2.75) is 37.3 Å². The average Bonchev–Trinajstić information content (AvgIpc) is 2.27. The zero-order chi connectivity index (χ0) is 12.3. The van der Waals surface area contributed by atoms with Crippen LogP contribution in [-0.2, 0) is 11.2 Å². The van der Waals surface area contributed by atoms with Crippen molar-refractivity contribution in [3.8, 4) is 0 Å². The van der Waals surface area contributed by atoms with E-state index in [1.807, 2.05) is 26.6 Å². The third-order valence-electron chi connectivity index (χ3n) is 3.79. The Morgan fingerprint density at radius 3 is 2.76 bits per heavy atom. The van der Waals surface area contributed by atoms with E-state index in [1.54, 1.807) is 0 Å². The number of aromatic nitrogens is 1. The molecule has 1 atom stereocenters. The molecular weight excluding hydrogens is 280 g/mol. The molecule has 1 unspecified atom stereocenters. The van der Waals surface area contributed by atoms with Gasteiger partial charge in [-0.2, -0.15) is 0 Å². The fraction of sp³-hybridized carbons (Fsp3) is 0.615. The Morgan fingerprint density at radius 2 is 2.29 bits per heavy atom. The summed E-state index contributed by atoms with van der Waals surface area (Å²) in [5.41, 5.74) is 1.26. The molecule has 1 heterocycles. The van der Waals surface area contributed by atoms with Crippen LogP contribution in [0.25, 0.3) is 0 Å². The summed E-state index contributed by atoms with van der Waals surface area (Å²) in [6.45, 7) is 0. The Morgan fingerprint density at radius 1 is 1.53 bits per heavy atom. The summed E-state index contributed by atoms with van der Waals surface area (Å²) in [5, 5.41) is 3.40. The van der Waals surface area contributed by atoms with Gasteiger partial charge in [-0.25, -0.2) is 0 Å². The predicted molar refractivity (Wildman–Crippen MR) is 72.1 cm³/mol. The van der Waals surface area contributed by atoms with Gasteiger partial charge in [0, 0.05) is 30.0 Å². The molecule has 1 aromatic rings. The van der Waals surface area contributed by atoms with Gasteiger partial charge in [0.2, 0.25) is 0 Å². The number of rotatable bonds is 5. The van der Waals surface area contributed by atoms with Gasteiger partial charge < -0.3 is 10.1 Å². The number of ether oxygens (including phenoxy) is 1. The first-order chi connectivity index (χ1) is 8.20. The maximum atomic E-state index is 5.73. The van der Waals surface area contributed by atoms with E-state index in [9.17, 15) is 0 Å². The normalized spacial score (nSPS) is 19.7. The van der Waals surface area contributed by atoms with Gasteiger partial charge in [-0.15, -0.1) is 0 Å². The van der Waals surface area contributed by atoms with Gasteiger partial charge in [-0.1, -0.05) is 0 Å². The molecule has 1 saturated carbocycles. The minimum absolute atomic E-state index is 0.0249. The van der Waals surface area contributed by atoms with Crippen LogP contribution in [0, 0.1) is 0 Å². The second-order valence-corrected chi connectivity index (χ2v) is 5.59. The van der Waals surface area contributed by atoms with Crippen LogP contribution in [-0.4, -0.2) is 30.8 Å². The Bertz CT molecular complexity index is 374.